The summed E-state index contributed by atoms with van der Waals surface area (Å²) in [7, 11) is -3.64. The monoisotopic (exact) mass is 295 g/mol. The van der Waals surface area contributed by atoms with Crippen molar-refractivity contribution in [2.45, 2.75) is 32.2 Å². The van der Waals surface area contributed by atoms with E-state index in [1.807, 2.05) is 6.92 Å². The molecule has 1 heterocycles. The summed E-state index contributed by atoms with van der Waals surface area (Å²) in [5.41, 5.74) is 8.19. The van der Waals surface area contributed by atoms with Crippen molar-refractivity contribution in [1.29, 1.82) is 0 Å². The summed E-state index contributed by atoms with van der Waals surface area (Å²) in [6, 6.07) is 4.88. The number of hydrogen-bond acceptors (Lipinski definition) is 5. The number of rotatable bonds is 4. The highest BCUT2D eigenvalue weighted by atomic mass is 32.2. The lowest BCUT2D eigenvalue weighted by Gasteiger charge is -2.11. The van der Waals surface area contributed by atoms with Crippen LogP contribution in [0, 0.1) is 20.8 Å². The van der Waals surface area contributed by atoms with Gasteiger partial charge in [-0.3, -0.25) is 0 Å². The van der Waals surface area contributed by atoms with E-state index in [9.17, 15) is 8.42 Å². The van der Waals surface area contributed by atoms with Gasteiger partial charge in [0.15, 0.2) is 0 Å². The number of benzene rings is 1. The summed E-state index contributed by atoms with van der Waals surface area (Å²) in [6.45, 7) is 5.40. The minimum absolute atomic E-state index is 0.0763. The quantitative estimate of drug-likeness (QED) is 0.836. The number of aryl methyl sites for hydroxylation is 2. The van der Waals surface area contributed by atoms with Crippen molar-refractivity contribution < 1.29 is 12.9 Å². The van der Waals surface area contributed by atoms with E-state index in [4.69, 9.17) is 10.3 Å². The Morgan fingerprint density at radius 3 is 2.55 bits per heavy atom. The van der Waals surface area contributed by atoms with Gasteiger partial charge in [0.25, 0.3) is 0 Å². The molecule has 0 unspecified atom stereocenters. The molecule has 1 aromatic carbocycles. The minimum Gasteiger partial charge on any atom is -0.399 e. The van der Waals surface area contributed by atoms with Gasteiger partial charge in [0, 0.05) is 11.8 Å². The van der Waals surface area contributed by atoms with Crippen LogP contribution in [0.5, 0.6) is 0 Å². The topological polar surface area (TPSA) is 98.2 Å². The Morgan fingerprint density at radius 1 is 1.25 bits per heavy atom. The van der Waals surface area contributed by atoms with Crippen LogP contribution in [-0.4, -0.2) is 13.6 Å². The van der Waals surface area contributed by atoms with Crippen LogP contribution in [0.3, 0.4) is 0 Å². The lowest BCUT2D eigenvalue weighted by atomic mass is 10.1. The number of nitrogens with one attached hydrogen (secondary N) is 1. The van der Waals surface area contributed by atoms with E-state index in [2.05, 4.69) is 9.88 Å². The van der Waals surface area contributed by atoms with Crippen molar-refractivity contribution in [3.05, 3.63) is 40.8 Å². The number of anilines is 1. The molecule has 0 spiro atoms. The molecule has 20 heavy (non-hydrogen) atoms. The zero-order valence-corrected chi connectivity index (χ0v) is 12.4. The van der Waals surface area contributed by atoms with Crippen LogP contribution < -0.4 is 10.5 Å². The van der Waals surface area contributed by atoms with Gasteiger partial charge in [-0.25, -0.2) is 13.1 Å². The molecule has 0 saturated carbocycles. The van der Waals surface area contributed by atoms with Gasteiger partial charge in [0.1, 0.15) is 5.76 Å². The van der Waals surface area contributed by atoms with Crippen LogP contribution in [-0.2, 0) is 16.6 Å². The lowest BCUT2D eigenvalue weighted by molar-refractivity contribution is 0.390. The first-order valence-electron chi connectivity index (χ1n) is 6.08. The Labute approximate surface area is 118 Å². The molecule has 108 valence electrons. The summed E-state index contributed by atoms with van der Waals surface area (Å²) in [5, 5.41) is 3.74. The van der Waals surface area contributed by atoms with E-state index in [1.54, 1.807) is 26.0 Å². The molecule has 0 aliphatic rings. The fourth-order valence-corrected chi connectivity index (χ4v) is 3.23. The fraction of sp³-hybridized carbons (Fsp3) is 0.308. The molecule has 0 saturated heterocycles. The van der Waals surface area contributed by atoms with Gasteiger partial charge < -0.3 is 10.3 Å². The molecule has 6 nitrogen and oxygen atoms in total. The van der Waals surface area contributed by atoms with Gasteiger partial charge in [-0.15, -0.1) is 0 Å². The molecule has 2 rings (SSSR count). The molecule has 2 aromatic rings. The highest BCUT2D eigenvalue weighted by molar-refractivity contribution is 7.89. The Kier molecular flexibility index (Phi) is 3.82. The molecule has 1 aromatic heterocycles. The van der Waals surface area contributed by atoms with Gasteiger partial charge in [0.2, 0.25) is 10.0 Å². The summed E-state index contributed by atoms with van der Waals surface area (Å²) < 4.78 is 32.0. The number of hydrogen-bond donors (Lipinski definition) is 2. The Hall–Kier alpha value is -1.86. The average Bonchev–Trinajstić information content (AvgIpc) is 2.77. The third-order valence-electron chi connectivity index (χ3n) is 3.05. The highest BCUT2D eigenvalue weighted by Gasteiger charge is 2.19. The second-order valence-electron chi connectivity index (χ2n) is 4.71. The fourth-order valence-electron chi connectivity index (χ4n) is 1.88. The van der Waals surface area contributed by atoms with Gasteiger partial charge in [-0.1, -0.05) is 5.16 Å². The van der Waals surface area contributed by atoms with Gasteiger partial charge >= 0.3 is 0 Å². The number of nitrogen functional groups attached to an aromatic ring is 1. The predicted molar refractivity (Wildman–Crippen MR) is 75.6 cm³/mol. The predicted octanol–water partition coefficient (Wildman–Crippen LogP) is 1.66. The second-order valence-corrected chi connectivity index (χ2v) is 6.45. The Morgan fingerprint density at radius 2 is 1.95 bits per heavy atom. The third-order valence-corrected chi connectivity index (χ3v) is 4.58. The zero-order valence-electron chi connectivity index (χ0n) is 11.6. The van der Waals surface area contributed by atoms with Crippen LogP contribution in [0.4, 0.5) is 5.69 Å². The molecule has 0 radical (unpaired) electrons. The number of sulfonamides is 1. The van der Waals surface area contributed by atoms with Gasteiger partial charge in [0.05, 0.1) is 17.1 Å². The molecule has 0 aliphatic heterocycles. The average molecular weight is 295 g/mol. The molecule has 0 bridgehead atoms. The maximum absolute atomic E-state index is 12.3. The van der Waals surface area contributed by atoms with E-state index < -0.39 is 10.0 Å². The normalized spacial score (nSPS) is 11.8. The first kappa shape index (κ1) is 14.5. The largest absolute Gasteiger partial charge is 0.399 e. The summed E-state index contributed by atoms with van der Waals surface area (Å²) >= 11 is 0. The van der Waals surface area contributed by atoms with Crippen molar-refractivity contribution in [2.75, 3.05) is 5.73 Å². The molecular formula is C13H17N3O3S. The summed E-state index contributed by atoms with van der Waals surface area (Å²) in [4.78, 5) is 0.190. The van der Waals surface area contributed by atoms with Crippen molar-refractivity contribution in [1.82, 2.24) is 9.88 Å². The number of nitrogens with zero attached hydrogens (tertiary/aromatic N) is 1. The third kappa shape index (κ3) is 3.00. The molecule has 0 aliphatic carbocycles. The maximum Gasteiger partial charge on any atom is 0.241 e. The van der Waals surface area contributed by atoms with Crippen LogP contribution in [0.2, 0.25) is 0 Å². The van der Waals surface area contributed by atoms with Crippen molar-refractivity contribution in [2.24, 2.45) is 0 Å². The Balaban J connectivity index is 2.27. The zero-order chi connectivity index (χ0) is 14.9. The van der Waals surface area contributed by atoms with E-state index in [-0.39, 0.29) is 11.4 Å². The maximum atomic E-state index is 12.3. The summed E-state index contributed by atoms with van der Waals surface area (Å²) in [5.74, 6) is 0.634. The lowest BCUT2D eigenvalue weighted by Crippen LogP contribution is -2.24. The standard InChI is InChI=1S/C13H17N3O3S/c1-8-4-11(14)6-13(10(8)3)20(17,18)15-7-12-5-9(2)19-16-12/h4-6,15H,7,14H2,1-3H3. The van der Waals surface area contributed by atoms with Crippen LogP contribution in [0.1, 0.15) is 22.6 Å². The minimum atomic E-state index is -3.64. The van der Waals surface area contributed by atoms with E-state index >= 15 is 0 Å². The number of aromatic nitrogens is 1. The highest BCUT2D eigenvalue weighted by Crippen LogP contribution is 2.22. The SMILES string of the molecule is Cc1cc(CNS(=O)(=O)c2cc(N)cc(C)c2C)no1. The van der Waals surface area contributed by atoms with Crippen molar-refractivity contribution in [3.63, 3.8) is 0 Å². The Bertz CT molecular complexity index is 735. The summed E-state index contributed by atoms with van der Waals surface area (Å²) in [6.07, 6.45) is 0. The van der Waals surface area contributed by atoms with Crippen LogP contribution in [0.15, 0.2) is 27.6 Å². The van der Waals surface area contributed by atoms with Crippen LogP contribution in [0.25, 0.3) is 0 Å². The first-order valence-corrected chi connectivity index (χ1v) is 7.56. The first-order chi connectivity index (χ1) is 9.29. The van der Waals surface area contributed by atoms with Crippen LogP contribution >= 0.6 is 0 Å². The molecule has 3 N–H and O–H groups in total. The smallest absolute Gasteiger partial charge is 0.241 e. The van der Waals surface area contributed by atoms with E-state index in [0.717, 1.165) is 5.56 Å². The van der Waals surface area contributed by atoms with E-state index in [0.29, 0.717) is 22.7 Å². The second kappa shape index (κ2) is 5.26. The molecule has 0 fully saturated rings. The van der Waals surface area contributed by atoms with Crippen molar-refractivity contribution in [3.8, 4) is 0 Å². The molecule has 7 heteroatoms. The molecule has 0 atom stereocenters. The van der Waals surface area contributed by atoms with Gasteiger partial charge in [-0.2, -0.15) is 0 Å². The van der Waals surface area contributed by atoms with Crippen molar-refractivity contribution >= 4 is 15.7 Å². The van der Waals surface area contributed by atoms with Gasteiger partial charge in [-0.05, 0) is 44.0 Å². The van der Waals surface area contributed by atoms with E-state index in [1.165, 1.54) is 6.07 Å². The molecule has 0 amide bonds. The molecular weight excluding hydrogens is 278 g/mol. The number of nitrogens with two attached hydrogens (primary N) is 1.